The Balaban J connectivity index is 1.93. The lowest BCUT2D eigenvalue weighted by molar-refractivity contribution is 0.0956. The van der Waals surface area contributed by atoms with E-state index in [1.807, 2.05) is 12.1 Å². The Morgan fingerprint density at radius 2 is 2.00 bits per heavy atom. The average molecular weight is 297 g/mol. The summed E-state index contributed by atoms with van der Waals surface area (Å²) in [6.07, 6.45) is 0. The minimum atomic E-state index is -3.28. The predicted octanol–water partition coefficient (Wildman–Crippen LogP) is -0.0890. The summed E-state index contributed by atoms with van der Waals surface area (Å²) in [5, 5.41) is 5.85. The van der Waals surface area contributed by atoms with Gasteiger partial charge in [-0.15, -0.1) is 0 Å². The molecule has 0 fully saturated rings. The highest BCUT2D eigenvalue weighted by atomic mass is 32.2. The summed E-state index contributed by atoms with van der Waals surface area (Å²) >= 11 is 0. The van der Waals surface area contributed by atoms with Crippen molar-refractivity contribution in [2.24, 2.45) is 0 Å². The van der Waals surface area contributed by atoms with Gasteiger partial charge in [0.05, 0.1) is 5.75 Å². The van der Waals surface area contributed by atoms with E-state index in [1.165, 1.54) is 19.7 Å². The SMILES string of the molecule is CN(C)S(=O)(=O)CCNC(=O)c1ccc2c(c1)CNC2. The van der Waals surface area contributed by atoms with Crippen LogP contribution in [-0.2, 0) is 23.1 Å². The van der Waals surface area contributed by atoms with Crippen molar-refractivity contribution in [2.45, 2.75) is 13.1 Å². The van der Waals surface area contributed by atoms with Crippen molar-refractivity contribution in [1.29, 1.82) is 0 Å². The van der Waals surface area contributed by atoms with Crippen molar-refractivity contribution in [1.82, 2.24) is 14.9 Å². The number of benzene rings is 1. The lowest BCUT2D eigenvalue weighted by Crippen LogP contribution is -2.33. The molecule has 0 atom stereocenters. The molecule has 1 aliphatic heterocycles. The molecule has 0 bridgehead atoms. The molecule has 0 saturated carbocycles. The Bertz CT molecular complexity index is 611. The summed E-state index contributed by atoms with van der Waals surface area (Å²) in [6.45, 7) is 1.71. The van der Waals surface area contributed by atoms with Crippen molar-refractivity contribution < 1.29 is 13.2 Å². The van der Waals surface area contributed by atoms with Gasteiger partial charge in [0.15, 0.2) is 0 Å². The Morgan fingerprint density at radius 3 is 2.70 bits per heavy atom. The number of fused-ring (bicyclic) bond motifs is 1. The van der Waals surface area contributed by atoms with E-state index in [0.717, 1.165) is 23.0 Å². The third-order valence-corrected chi connectivity index (χ3v) is 5.13. The molecule has 1 heterocycles. The number of sulfonamides is 1. The second kappa shape index (κ2) is 5.90. The van der Waals surface area contributed by atoms with E-state index in [2.05, 4.69) is 10.6 Å². The third kappa shape index (κ3) is 3.36. The standard InChI is InChI=1S/C13H19N3O3S/c1-16(2)20(18,19)6-5-15-13(17)10-3-4-11-8-14-9-12(11)7-10/h3-4,7,14H,5-6,8-9H2,1-2H3,(H,15,17). The first-order valence-corrected chi connectivity index (χ1v) is 8.02. The first kappa shape index (κ1) is 15.0. The Labute approximate surface area is 119 Å². The largest absolute Gasteiger partial charge is 0.351 e. The summed E-state index contributed by atoms with van der Waals surface area (Å²) in [5.41, 5.74) is 2.89. The van der Waals surface area contributed by atoms with Gasteiger partial charge in [0, 0.05) is 39.3 Å². The predicted molar refractivity (Wildman–Crippen MR) is 76.8 cm³/mol. The molecule has 0 radical (unpaired) electrons. The van der Waals surface area contributed by atoms with Crippen molar-refractivity contribution in [3.8, 4) is 0 Å². The fourth-order valence-electron chi connectivity index (χ4n) is 2.01. The minimum absolute atomic E-state index is 0.0990. The van der Waals surface area contributed by atoms with E-state index < -0.39 is 10.0 Å². The quantitative estimate of drug-likeness (QED) is 0.796. The molecule has 110 valence electrons. The maximum absolute atomic E-state index is 12.0. The molecule has 0 aliphatic carbocycles. The first-order valence-electron chi connectivity index (χ1n) is 6.41. The molecule has 0 saturated heterocycles. The molecule has 1 aromatic rings. The number of rotatable bonds is 5. The number of nitrogens with one attached hydrogen (secondary N) is 2. The maximum atomic E-state index is 12.0. The molecule has 2 rings (SSSR count). The molecule has 0 spiro atoms. The van der Waals surface area contributed by atoms with Gasteiger partial charge >= 0.3 is 0 Å². The summed E-state index contributed by atoms with van der Waals surface area (Å²) in [4.78, 5) is 12.0. The molecule has 0 aromatic heterocycles. The second-order valence-electron chi connectivity index (χ2n) is 4.94. The van der Waals surface area contributed by atoms with E-state index >= 15 is 0 Å². The van der Waals surface area contributed by atoms with Gasteiger partial charge in [0.1, 0.15) is 0 Å². The van der Waals surface area contributed by atoms with Crippen LogP contribution in [0.5, 0.6) is 0 Å². The minimum Gasteiger partial charge on any atom is -0.351 e. The Hall–Kier alpha value is -1.44. The van der Waals surface area contributed by atoms with Crippen LogP contribution in [0.25, 0.3) is 0 Å². The maximum Gasteiger partial charge on any atom is 0.251 e. The van der Waals surface area contributed by atoms with Gasteiger partial charge in [-0.3, -0.25) is 4.79 Å². The average Bonchev–Trinajstić information content (AvgIpc) is 2.85. The Kier molecular flexibility index (Phi) is 4.42. The lowest BCUT2D eigenvalue weighted by Gasteiger charge is -2.11. The van der Waals surface area contributed by atoms with Crippen molar-refractivity contribution in [3.05, 3.63) is 34.9 Å². The lowest BCUT2D eigenvalue weighted by atomic mass is 10.1. The van der Waals surface area contributed by atoms with Gasteiger partial charge in [-0.25, -0.2) is 12.7 Å². The summed E-state index contributed by atoms with van der Waals surface area (Å²) < 4.78 is 24.3. The van der Waals surface area contributed by atoms with Crippen LogP contribution >= 0.6 is 0 Å². The molecule has 20 heavy (non-hydrogen) atoms. The highest BCUT2D eigenvalue weighted by molar-refractivity contribution is 7.89. The molecule has 7 heteroatoms. The van der Waals surface area contributed by atoms with E-state index in [4.69, 9.17) is 0 Å². The van der Waals surface area contributed by atoms with Gasteiger partial charge in [-0.05, 0) is 23.3 Å². The van der Waals surface area contributed by atoms with E-state index in [-0.39, 0.29) is 18.2 Å². The van der Waals surface area contributed by atoms with Crippen LogP contribution in [-0.4, -0.2) is 45.0 Å². The van der Waals surface area contributed by atoms with Gasteiger partial charge < -0.3 is 10.6 Å². The topological polar surface area (TPSA) is 78.5 Å². The zero-order valence-corrected chi connectivity index (χ0v) is 12.5. The van der Waals surface area contributed by atoms with Gasteiger partial charge in [-0.2, -0.15) is 0 Å². The fraction of sp³-hybridized carbons (Fsp3) is 0.462. The molecule has 1 amide bonds. The molecule has 6 nitrogen and oxygen atoms in total. The van der Waals surface area contributed by atoms with Crippen molar-refractivity contribution >= 4 is 15.9 Å². The van der Waals surface area contributed by atoms with Crippen LogP contribution in [0.2, 0.25) is 0 Å². The van der Waals surface area contributed by atoms with E-state index in [9.17, 15) is 13.2 Å². The van der Waals surface area contributed by atoms with Gasteiger partial charge in [0.2, 0.25) is 10.0 Å². The monoisotopic (exact) mass is 297 g/mol. The number of hydrogen-bond acceptors (Lipinski definition) is 4. The van der Waals surface area contributed by atoms with Gasteiger partial charge in [0.25, 0.3) is 5.91 Å². The summed E-state index contributed by atoms with van der Waals surface area (Å²) in [6, 6.07) is 5.55. The van der Waals surface area contributed by atoms with Crippen LogP contribution < -0.4 is 10.6 Å². The van der Waals surface area contributed by atoms with E-state index in [0.29, 0.717) is 5.56 Å². The number of hydrogen-bond donors (Lipinski definition) is 2. The molecule has 2 N–H and O–H groups in total. The van der Waals surface area contributed by atoms with Crippen LogP contribution in [0.15, 0.2) is 18.2 Å². The fourth-order valence-corrected chi connectivity index (χ4v) is 2.74. The van der Waals surface area contributed by atoms with Crippen molar-refractivity contribution in [3.63, 3.8) is 0 Å². The van der Waals surface area contributed by atoms with Crippen LogP contribution in [0.3, 0.4) is 0 Å². The highest BCUT2D eigenvalue weighted by Gasteiger charge is 2.16. The third-order valence-electron chi connectivity index (χ3n) is 3.30. The van der Waals surface area contributed by atoms with Crippen LogP contribution in [0, 0.1) is 0 Å². The van der Waals surface area contributed by atoms with E-state index in [1.54, 1.807) is 6.07 Å². The molecule has 0 unspecified atom stereocenters. The number of amides is 1. The zero-order chi connectivity index (χ0) is 14.8. The van der Waals surface area contributed by atoms with Gasteiger partial charge in [-0.1, -0.05) is 6.07 Å². The molecular weight excluding hydrogens is 278 g/mol. The second-order valence-corrected chi connectivity index (χ2v) is 7.24. The number of carbonyl (C=O) groups excluding carboxylic acids is 1. The van der Waals surface area contributed by atoms with Crippen molar-refractivity contribution in [2.75, 3.05) is 26.4 Å². The highest BCUT2D eigenvalue weighted by Crippen LogP contribution is 2.16. The zero-order valence-electron chi connectivity index (χ0n) is 11.6. The first-order chi connectivity index (χ1) is 9.40. The molecule has 1 aliphatic rings. The smallest absolute Gasteiger partial charge is 0.251 e. The number of nitrogens with zero attached hydrogens (tertiary/aromatic N) is 1. The molecule has 1 aromatic carbocycles. The normalized spacial score (nSPS) is 14.3. The van der Waals surface area contributed by atoms with Crippen LogP contribution in [0.1, 0.15) is 21.5 Å². The summed E-state index contributed by atoms with van der Waals surface area (Å²) in [7, 11) is -0.323. The van der Waals surface area contributed by atoms with Crippen LogP contribution in [0.4, 0.5) is 0 Å². The number of carbonyl (C=O) groups is 1. The molecular formula is C13H19N3O3S. The Morgan fingerprint density at radius 1 is 1.30 bits per heavy atom. The summed E-state index contributed by atoms with van der Waals surface area (Å²) in [5.74, 6) is -0.341.